The lowest BCUT2D eigenvalue weighted by Crippen LogP contribution is -2.13. The van der Waals surface area contributed by atoms with Gasteiger partial charge in [-0.2, -0.15) is 4.98 Å². The summed E-state index contributed by atoms with van der Waals surface area (Å²) in [6.07, 6.45) is 0. The van der Waals surface area contributed by atoms with E-state index < -0.39 is 0 Å². The largest absolute Gasteiger partial charge is 0.493 e. The van der Waals surface area contributed by atoms with E-state index in [-0.39, 0.29) is 17.0 Å². The fraction of sp³-hybridized carbons (Fsp3) is 0.125. The van der Waals surface area contributed by atoms with E-state index in [9.17, 15) is 9.18 Å². The molecular weight excluding hydrogens is 479 g/mol. The monoisotopic (exact) mass is 498 g/mol. The van der Waals surface area contributed by atoms with Gasteiger partial charge in [-0.25, -0.2) is 9.07 Å². The average Bonchev–Trinajstić information content (AvgIpc) is 3.19. The van der Waals surface area contributed by atoms with Crippen molar-refractivity contribution >= 4 is 35.0 Å². The molecule has 0 bridgehead atoms. The number of hydrogen-bond acceptors (Lipinski definition) is 6. The zero-order valence-corrected chi connectivity index (χ0v) is 19.9. The number of carbonyl (C=O) groups is 1. The summed E-state index contributed by atoms with van der Waals surface area (Å²) in [5.41, 5.74) is 1.86. The fourth-order valence-corrected chi connectivity index (χ4v) is 4.31. The molecule has 1 aromatic heterocycles. The Balaban J connectivity index is 1.56. The number of para-hydroxylation sites is 1. The van der Waals surface area contributed by atoms with Crippen LogP contribution in [0.4, 0.5) is 10.1 Å². The number of benzene rings is 3. The Kier molecular flexibility index (Phi) is 7.34. The van der Waals surface area contributed by atoms with Gasteiger partial charge in [0.15, 0.2) is 16.7 Å². The summed E-state index contributed by atoms with van der Waals surface area (Å²) in [7, 11) is 3.05. The quantitative estimate of drug-likeness (QED) is 0.343. The topological polar surface area (TPSA) is 78.3 Å². The lowest BCUT2D eigenvalue weighted by Gasteiger charge is -2.12. The van der Waals surface area contributed by atoms with Crippen molar-refractivity contribution in [2.75, 3.05) is 19.5 Å². The molecule has 0 aliphatic heterocycles. The molecule has 1 amide bonds. The number of methoxy groups -OCH3 is 2. The third-order valence-corrected chi connectivity index (χ3v) is 6.06. The maximum absolute atomic E-state index is 13.2. The molecule has 0 unspecified atom stereocenters. The maximum atomic E-state index is 13.2. The Hall–Kier alpha value is -3.56. The lowest BCUT2D eigenvalue weighted by molar-refractivity contribution is 0.102. The number of ether oxygens (including phenoxy) is 2. The Morgan fingerprint density at radius 3 is 2.53 bits per heavy atom. The number of halogens is 2. The first kappa shape index (κ1) is 23.6. The molecular formula is C24H20ClFN4O3S. The minimum Gasteiger partial charge on any atom is -0.493 e. The van der Waals surface area contributed by atoms with Gasteiger partial charge < -0.3 is 14.8 Å². The summed E-state index contributed by atoms with van der Waals surface area (Å²) in [5.74, 6) is 0.377. The summed E-state index contributed by atoms with van der Waals surface area (Å²) in [6, 6.07) is 18.4. The Labute approximate surface area is 204 Å². The molecule has 0 aliphatic carbocycles. The first-order valence-electron chi connectivity index (χ1n) is 10.1. The van der Waals surface area contributed by atoms with Crippen molar-refractivity contribution in [2.45, 2.75) is 16.6 Å². The van der Waals surface area contributed by atoms with Crippen LogP contribution in [-0.4, -0.2) is 34.9 Å². The summed E-state index contributed by atoms with van der Waals surface area (Å²) in [5, 5.41) is 7.79. The lowest BCUT2D eigenvalue weighted by atomic mass is 10.2. The minimum atomic E-state index is -0.311. The van der Waals surface area contributed by atoms with Gasteiger partial charge in [-0.15, -0.1) is 5.10 Å². The molecule has 7 nitrogen and oxygen atoms in total. The van der Waals surface area contributed by atoms with Crippen molar-refractivity contribution in [1.82, 2.24) is 14.8 Å². The molecule has 174 valence electrons. The minimum absolute atomic E-state index is 0.0939. The standard InChI is InChI=1S/C24H20ClFN4O3S/c1-32-19-12-9-16(13-20(19)33-2)22(31)27-18-5-3-4-6-21(18)34-24-28-23(25)29-30(24)14-15-7-10-17(26)11-8-15/h3-13H,14H2,1-2H3,(H,27,31). The maximum Gasteiger partial charge on any atom is 0.255 e. The second kappa shape index (κ2) is 10.6. The fourth-order valence-electron chi connectivity index (χ4n) is 3.17. The second-order valence-corrected chi connectivity index (χ2v) is 8.42. The van der Waals surface area contributed by atoms with Crippen LogP contribution in [0.2, 0.25) is 5.28 Å². The van der Waals surface area contributed by atoms with Crippen molar-refractivity contribution < 1.29 is 18.7 Å². The van der Waals surface area contributed by atoms with Crippen LogP contribution < -0.4 is 14.8 Å². The molecule has 4 aromatic rings. The molecule has 0 atom stereocenters. The summed E-state index contributed by atoms with van der Waals surface area (Å²) in [4.78, 5) is 18.0. The van der Waals surface area contributed by atoms with Crippen LogP contribution in [0.1, 0.15) is 15.9 Å². The molecule has 1 heterocycles. The summed E-state index contributed by atoms with van der Waals surface area (Å²) < 4.78 is 25.4. The molecule has 34 heavy (non-hydrogen) atoms. The highest BCUT2D eigenvalue weighted by Crippen LogP contribution is 2.34. The molecule has 0 saturated carbocycles. The van der Waals surface area contributed by atoms with Gasteiger partial charge in [0.1, 0.15) is 5.82 Å². The number of aromatic nitrogens is 3. The van der Waals surface area contributed by atoms with Crippen molar-refractivity contribution in [1.29, 1.82) is 0 Å². The van der Waals surface area contributed by atoms with Gasteiger partial charge in [-0.05, 0) is 71.4 Å². The van der Waals surface area contributed by atoms with E-state index in [2.05, 4.69) is 15.4 Å². The van der Waals surface area contributed by atoms with Gasteiger partial charge in [0.2, 0.25) is 5.28 Å². The van der Waals surface area contributed by atoms with Gasteiger partial charge in [-0.3, -0.25) is 4.79 Å². The molecule has 3 aromatic carbocycles. The van der Waals surface area contributed by atoms with Gasteiger partial charge in [0.05, 0.1) is 26.5 Å². The molecule has 0 radical (unpaired) electrons. The number of nitrogens with one attached hydrogen (secondary N) is 1. The smallest absolute Gasteiger partial charge is 0.255 e. The number of rotatable bonds is 8. The Bertz CT molecular complexity index is 1310. The highest BCUT2D eigenvalue weighted by molar-refractivity contribution is 7.99. The summed E-state index contributed by atoms with van der Waals surface area (Å²) >= 11 is 7.38. The van der Waals surface area contributed by atoms with Gasteiger partial charge in [0.25, 0.3) is 5.91 Å². The predicted octanol–water partition coefficient (Wildman–Crippen LogP) is 5.54. The van der Waals surface area contributed by atoms with Crippen LogP contribution in [0, 0.1) is 5.82 Å². The van der Waals surface area contributed by atoms with E-state index in [1.54, 1.807) is 41.1 Å². The third-order valence-electron chi connectivity index (χ3n) is 4.84. The van der Waals surface area contributed by atoms with E-state index in [1.807, 2.05) is 18.2 Å². The van der Waals surface area contributed by atoms with Crippen molar-refractivity contribution in [3.8, 4) is 11.5 Å². The zero-order valence-electron chi connectivity index (χ0n) is 18.3. The Morgan fingerprint density at radius 1 is 1.06 bits per heavy atom. The molecule has 0 aliphatic rings. The zero-order chi connectivity index (χ0) is 24.1. The number of hydrogen-bond donors (Lipinski definition) is 1. The third kappa shape index (κ3) is 5.49. The van der Waals surface area contributed by atoms with Gasteiger partial charge in [-0.1, -0.05) is 24.3 Å². The molecule has 4 rings (SSSR count). The highest BCUT2D eigenvalue weighted by Gasteiger charge is 2.16. The van der Waals surface area contributed by atoms with Crippen molar-refractivity contribution in [3.63, 3.8) is 0 Å². The molecule has 0 fully saturated rings. The van der Waals surface area contributed by atoms with Crippen LogP contribution >= 0.6 is 23.4 Å². The number of amides is 1. The van der Waals surface area contributed by atoms with Crippen molar-refractivity contribution in [3.05, 3.63) is 89.0 Å². The van der Waals surface area contributed by atoms with Crippen LogP contribution in [-0.2, 0) is 6.54 Å². The van der Waals surface area contributed by atoms with Crippen LogP contribution in [0.25, 0.3) is 0 Å². The van der Waals surface area contributed by atoms with E-state index in [0.29, 0.717) is 34.5 Å². The first-order chi connectivity index (χ1) is 16.5. The van der Waals surface area contributed by atoms with E-state index >= 15 is 0 Å². The SMILES string of the molecule is COc1ccc(C(=O)Nc2ccccc2Sc2nc(Cl)nn2Cc2ccc(F)cc2)cc1OC. The Morgan fingerprint density at radius 2 is 1.79 bits per heavy atom. The normalized spacial score (nSPS) is 10.7. The van der Waals surface area contributed by atoms with E-state index in [4.69, 9.17) is 21.1 Å². The second-order valence-electron chi connectivity index (χ2n) is 7.07. The molecule has 10 heteroatoms. The number of carbonyl (C=O) groups excluding carboxylic acids is 1. The van der Waals surface area contributed by atoms with Gasteiger partial charge in [0, 0.05) is 10.5 Å². The highest BCUT2D eigenvalue weighted by atomic mass is 35.5. The van der Waals surface area contributed by atoms with E-state index in [1.165, 1.54) is 38.1 Å². The first-order valence-corrected chi connectivity index (χ1v) is 11.3. The average molecular weight is 499 g/mol. The van der Waals surface area contributed by atoms with Crippen LogP contribution in [0.5, 0.6) is 11.5 Å². The summed E-state index contributed by atoms with van der Waals surface area (Å²) in [6.45, 7) is 0.364. The molecule has 1 N–H and O–H groups in total. The van der Waals surface area contributed by atoms with Crippen LogP contribution in [0.3, 0.4) is 0 Å². The predicted molar refractivity (Wildman–Crippen MR) is 129 cm³/mol. The van der Waals surface area contributed by atoms with Crippen LogP contribution in [0.15, 0.2) is 76.8 Å². The van der Waals surface area contributed by atoms with E-state index in [0.717, 1.165) is 10.5 Å². The number of anilines is 1. The van der Waals surface area contributed by atoms with Crippen molar-refractivity contribution in [2.24, 2.45) is 0 Å². The molecule has 0 spiro atoms. The van der Waals surface area contributed by atoms with Gasteiger partial charge >= 0.3 is 0 Å². The number of nitrogens with zero attached hydrogens (tertiary/aromatic N) is 3. The molecule has 0 saturated heterocycles.